The van der Waals surface area contributed by atoms with Crippen LogP contribution in [0.4, 0.5) is 0 Å². The lowest BCUT2D eigenvalue weighted by Gasteiger charge is -2.34. The van der Waals surface area contributed by atoms with Gasteiger partial charge in [-0.25, -0.2) is 0 Å². The Bertz CT molecular complexity index is 729. The monoisotopic (exact) mass is 325 g/mol. The van der Waals surface area contributed by atoms with Crippen LogP contribution < -0.4 is 9.47 Å². The molecule has 0 saturated carbocycles. The third kappa shape index (κ3) is 2.46. The molecule has 2 aliphatic heterocycles. The molecule has 2 aromatic carbocycles. The molecule has 4 heteroatoms. The molecule has 4 nitrogen and oxygen atoms in total. The lowest BCUT2D eigenvalue weighted by molar-refractivity contribution is -0.201. The second-order valence-electron chi connectivity index (χ2n) is 7.00. The molecule has 0 unspecified atom stereocenters. The topological polar surface area (TPSA) is 30.9 Å². The van der Waals surface area contributed by atoms with Crippen molar-refractivity contribution in [2.75, 3.05) is 13.7 Å². The first-order chi connectivity index (χ1) is 11.6. The zero-order valence-corrected chi connectivity index (χ0v) is 14.4. The normalized spacial score (nSPS) is 24.8. The van der Waals surface area contributed by atoms with Crippen LogP contribution in [0, 0.1) is 5.92 Å². The number of ether oxygens (including phenoxy) is 2. The van der Waals surface area contributed by atoms with E-state index in [2.05, 4.69) is 49.2 Å². The van der Waals surface area contributed by atoms with Crippen molar-refractivity contribution in [2.24, 2.45) is 5.92 Å². The van der Waals surface area contributed by atoms with Crippen LogP contribution in [-0.2, 0) is 11.4 Å². The van der Waals surface area contributed by atoms with E-state index < -0.39 is 0 Å². The van der Waals surface area contributed by atoms with Gasteiger partial charge in [0.2, 0.25) is 0 Å². The van der Waals surface area contributed by atoms with Crippen molar-refractivity contribution in [2.45, 2.75) is 32.0 Å². The number of rotatable bonds is 3. The molecule has 0 amide bonds. The summed E-state index contributed by atoms with van der Waals surface area (Å²) in [7, 11) is 1.68. The SMILES string of the molecule is COc1cccc2c1OC[C@@H]1[C@H]2N(Cc2ccccc2)OC1(C)C. The highest BCUT2D eigenvalue weighted by molar-refractivity contribution is 5.50. The molecule has 4 rings (SSSR count). The van der Waals surface area contributed by atoms with Crippen LogP contribution in [0.3, 0.4) is 0 Å². The van der Waals surface area contributed by atoms with Crippen molar-refractivity contribution in [3.63, 3.8) is 0 Å². The number of methoxy groups -OCH3 is 1. The standard InChI is InChI=1S/C20H23NO3/c1-20(2)16-13-23-19-15(10-7-11-17(19)22-3)18(16)21(24-20)12-14-8-5-4-6-9-14/h4-11,16,18H,12-13H2,1-3H3/t16-,18+/m1/s1. The lowest BCUT2D eigenvalue weighted by Crippen LogP contribution is -2.36. The molecule has 0 aromatic heterocycles. The van der Waals surface area contributed by atoms with Gasteiger partial charge in [0.25, 0.3) is 0 Å². The van der Waals surface area contributed by atoms with Crippen LogP contribution in [0.5, 0.6) is 11.5 Å². The predicted octanol–water partition coefficient (Wildman–Crippen LogP) is 3.97. The predicted molar refractivity (Wildman–Crippen MR) is 91.9 cm³/mol. The Morgan fingerprint density at radius 2 is 1.92 bits per heavy atom. The van der Waals surface area contributed by atoms with E-state index in [4.69, 9.17) is 14.3 Å². The molecule has 2 aliphatic rings. The average Bonchev–Trinajstić information content (AvgIpc) is 2.85. The molecule has 1 saturated heterocycles. The number of hydroxylamine groups is 2. The number of benzene rings is 2. The third-order valence-electron chi connectivity index (χ3n) is 5.07. The smallest absolute Gasteiger partial charge is 0.166 e. The molecule has 0 spiro atoms. The fourth-order valence-corrected chi connectivity index (χ4v) is 3.82. The summed E-state index contributed by atoms with van der Waals surface area (Å²) in [5.41, 5.74) is 2.12. The van der Waals surface area contributed by atoms with Crippen molar-refractivity contribution in [1.29, 1.82) is 0 Å². The van der Waals surface area contributed by atoms with E-state index in [9.17, 15) is 0 Å². The van der Waals surface area contributed by atoms with Crippen LogP contribution in [-0.4, -0.2) is 24.4 Å². The quantitative estimate of drug-likeness (QED) is 0.854. The maximum atomic E-state index is 6.34. The molecule has 2 atom stereocenters. The van der Waals surface area contributed by atoms with Gasteiger partial charge in [0, 0.05) is 18.0 Å². The fourth-order valence-electron chi connectivity index (χ4n) is 3.82. The van der Waals surface area contributed by atoms with Gasteiger partial charge in [0.15, 0.2) is 11.5 Å². The van der Waals surface area contributed by atoms with Gasteiger partial charge >= 0.3 is 0 Å². The molecule has 0 bridgehead atoms. The van der Waals surface area contributed by atoms with Crippen LogP contribution in [0.1, 0.15) is 31.0 Å². The Kier molecular flexibility index (Phi) is 3.74. The van der Waals surface area contributed by atoms with Gasteiger partial charge in [-0.1, -0.05) is 42.5 Å². The minimum Gasteiger partial charge on any atom is -0.493 e. The van der Waals surface area contributed by atoms with Crippen molar-refractivity contribution in [1.82, 2.24) is 5.06 Å². The lowest BCUT2D eigenvalue weighted by atomic mass is 9.81. The Morgan fingerprint density at radius 3 is 2.67 bits per heavy atom. The van der Waals surface area contributed by atoms with Gasteiger partial charge in [-0.05, 0) is 25.5 Å². The summed E-state index contributed by atoms with van der Waals surface area (Å²) >= 11 is 0. The minimum absolute atomic E-state index is 0.166. The van der Waals surface area contributed by atoms with Gasteiger partial charge in [-0.2, -0.15) is 5.06 Å². The second kappa shape index (κ2) is 5.80. The first-order valence-corrected chi connectivity index (χ1v) is 8.39. The Hall–Kier alpha value is -2.04. The largest absolute Gasteiger partial charge is 0.493 e. The minimum atomic E-state index is -0.264. The number of para-hydroxylation sites is 1. The molecular weight excluding hydrogens is 302 g/mol. The summed E-state index contributed by atoms with van der Waals surface area (Å²) < 4.78 is 11.5. The Labute approximate surface area is 142 Å². The summed E-state index contributed by atoms with van der Waals surface area (Å²) in [6.45, 7) is 5.67. The van der Waals surface area contributed by atoms with Crippen molar-refractivity contribution in [3.8, 4) is 11.5 Å². The van der Waals surface area contributed by atoms with Crippen molar-refractivity contribution < 1.29 is 14.3 Å². The molecular formula is C20H23NO3. The van der Waals surface area contributed by atoms with Crippen molar-refractivity contribution >= 4 is 0 Å². The Balaban J connectivity index is 1.73. The highest BCUT2D eigenvalue weighted by atomic mass is 16.7. The van der Waals surface area contributed by atoms with E-state index in [0.717, 1.165) is 23.6 Å². The van der Waals surface area contributed by atoms with Crippen LogP contribution in [0.2, 0.25) is 0 Å². The van der Waals surface area contributed by atoms with Gasteiger partial charge in [-0.15, -0.1) is 0 Å². The molecule has 1 fully saturated rings. The first-order valence-electron chi connectivity index (χ1n) is 8.39. The summed E-state index contributed by atoms with van der Waals surface area (Å²) in [6, 6.07) is 16.7. The molecule has 24 heavy (non-hydrogen) atoms. The summed E-state index contributed by atoms with van der Waals surface area (Å²) in [6.07, 6.45) is 0. The van der Waals surface area contributed by atoms with Crippen LogP contribution in [0.15, 0.2) is 48.5 Å². The molecule has 0 radical (unpaired) electrons. The van der Waals surface area contributed by atoms with E-state index >= 15 is 0 Å². The number of hydrogen-bond acceptors (Lipinski definition) is 4. The fraction of sp³-hybridized carbons (Fsp3) is 0.400. The van der Waals surface area contributed by atoms with Gasteiger partial charge in [0.1, 0.15) is 0 Å². The van der Waals surface area contributed by atoms with Crippen molar-refractivity contribution in [3.05, 3.63) is 59.7 Å². The number of nitrogens with zero attached hydrogens (tertiary/aromatic N) is 1. The van der Waals surface area contributed by atoms with Gasteiger partial charge in [-0.3, -0.25) is 4.84 Å². The number of fused-ring (bicyclic) bond motifs is 3. The highest BCUT2D eigenvalue weighted by Crippen LogP contribution is 2.52. The maximum absolute atomic E-state index is 6.34. The number of hydrogen-bond donors (Lipinski definition) is 0. The van der Waals surface area contributed by atoms with E-state index in [-0.39, 0.29) is 17.6 Å². The molecule has 0 N–H and O–H groups in total. The van der Waals surface area contributed by atoms with Gasteiger partial charge in [0.05, 0.1) is 25.4 Å². The maximum Gasteiger partial charge on any atom is 0.166 e. The van der Waals surface area contributed by atoms with Crippen LogP contribution >= 0.6 is 0 Å². The van der Waals surface area contributed by atoms with E-state index in [1.54, 1.807) is 7.11 Å². The van der Waals surface area contributed by atoms with E-state index in [1.807, 2.05) is 18.2 Å². The molecule has 0 aliphatic carbocycles. The van der Waals surface area contributed by atoms with E-state index in [1.165, 1.54) is 5.56 Å². The Morgan fingerprint density at radius 1 is 1.12 bits per heavy atom. The second-order valence-corrected chi connectivity index (χ2v) is 7.00. The van der Waals surface area contributed by atoms with Gasteiger partial charge < -0.3 is 9.47 Å². The zero-order valence-electron chi connectivity index (χ0n) is 14.4. The summed E-state index contributed by atoms with van der Waals surface area (Å²) in [4.78, 5) is 6.34. The van der Waals surface area contributed by atoms with E-state index in [0.29, 0.717) is 6.61 Å². The molecule has 126 valence electrons. The first kappa shape index (κ1) is 15.5. The molecule has 2 aromatic rings. The van der Waals surface area contributed by atoms with Crippen LogP contribution in [0.25, 0.3) is 0 Å². The highest BCUT2D eigenvalue weighted by Gasteiger charge is 2.52. The third-order valence-corrected chi connectivity index (χ3v) is 5.07. The summed E-state index contributed by atoms with van der Waals surface area (Å²) in [5.74, 6) is 1.91. The molecule has 2 heterocycles. The zero-order chi connectivity index (χ0) is 16.7. The average molecular weight is 325 g/mol. The summed E-state index contributed by atoms with van der Waals surface area (Å²) in [5, 5.41) is 2.11.